The summed E-state index contributed by atoms with van der Waals surface area (Å²) in [7, 11) is 0. The summed E-state index contributed by atoms with van der Waals surface area (Å²) in [4.78, 5) is 17.0. The molecule has 6 aromatic rings. The Hall–Kier alpha value is -4.37. The van der Waals surface area contributed by atoms with Crippen molar-refractivity contribution in [2.24, 2.45) is 0 Å². The molecule has 0 fully saturated rings. The molecule has 0 aliphatic carbocycles. The number of carbonyl (C=O) groups excluding carboxylic acids is 1. The van der Waals surface area contributed by atoms with E-state index < -0.39 is 0 Å². The molecule has 0 saturated heterocycles. The Morgan fingerprint density at radius 3 is 2.21 bits per heavy atom. The Bertz CT molecular complexity index is 1670. The highest BCUT2D eigenvalue weighted by Crippen LogP contribution is 2.37. The number of aromatic nitrogens is 1. The number of nitrogens with one attached hydrogen (secondary N) is 1. The summed E-state index contributed by atoms with van der Waals surface area (Å²) < 4.78 is 6.35. The zero-order chi connectivity index (χ0) is 22.4. The van der Waals surface area contributed by atoms with Crippen LogP contribution in [0.3, 0.4) is 0 Å². The normalized spacial score (nSPS) is 11.8. The molecule has 3 nitrogen and oxygen atoms in total. The second-order valence-electron chi connectivity index (χ2n) is 8.27. The van der Waals surface area contributed by atoms with E-state index in [1.54, 1.807) is 0 Å². The van der Waals surface area contributed by atoms with Crippen molar-refractivity contribution in [1.29, 1.82) is 0 Å². The van der Waals surface area contributed by atoms with Gasteiger partial charge in [0, 0.05) is 32.8 Å². The molecule has 0 amide bonds. The minimum absolute atomic E-state index is 0.125. The van der Waals surface area contributed by atoms with E-state index in [2.05, 4.69) is 42.2 Å². The molecule has 0 aliphatic heterocycles. The Balaban J connectivity index is 1.63. The van der Waals surface area contributed by atoms with Gasteiger partial charge < -0.3 is 9.40 Å². The highest BCUT2D eigenvalue weighted by Gasteiger charge is 2.23. The van der Waals surface area contributed by atoms with Crippen molar-refractivity contribution >= 4 is 50.7 Å². The summed E-state index contributed by atoms with van der Waals surface area (Å²) >= 11 is 0. The number of fused-ring (bicyclic) bond motifs is 5. The van der Waals surface area contributed by atoms with E-state index in [0.717, 1.165) is 38.3 Å². The number of benzene rings is 4. The van der Waals surface area contributed by atoms with E-state index in [4.69, 9.17) is 4.42 Å². The molecule has 2 aromatic heterocycles. The molecule has 0 radical (unpaired) electrons. The molecule has 0 bridgehead atoms. The van der Waals surface area contributed by atoms with E-state index >= 15 is 0 Å². The van der Waals surface area contributed by atoms with Crippen molar-refractivity contribution in [3.05, 3.63) is 119 Å². The lowest BCUT2D eigenvalue weighted by Crippen LogP contribution is -2.01. The van der Waals surface area contributed by atoms with Crippen LogP contribution < -0.4 is 0 Å². The van der Waals surface area contributed by atoms with E-state index in [1.165, 1.54) is 5.56 Å². The maximum atomic E-state index is 13.5. The third-order valence-corrected chi connectivity index (χ3v) is 6.19. The number of H-pyrrole nitrogens is 1. The highest BCUT2D eigenvalue weighted by atomic mass is 16.3. The zero-order valence-corrected chi connectivity index (χ0v) is 18.1. The van der Waals surface area contributed by atoms with Gasteiger partial charge in [-0.25, -0.2) is 0 Å². The molecule has 0 spiro atoms. The minimum Gasteiger partial charge on any atom is -0.450 e. The van der Waals surface area contributed by atoms with Gasteiger partial charge in [-0.15, -0.1) is 0 Å². The minimum atomic E-state index is -0.125. The average molecular weight is 428 g/mol. The number of aryl methyl sites for hydroxylation is 1. The lowest BCUT2D eigenvalue weighted by atomic mass is 10.0. The predicted molar refractivity (Wildman–Crippen MR) is 136 cm³/mol. The molecule has 3 heteroatoms. The number of hydrogen-bond donors (Lipinski definition) is 1. The van der Waals surface area contributed by atoms with E-state index in [9.17, 15) is 4.79 Å². The second kappa shape index (κ2) is 7.64. The second-order valence-corrected chi connectivity index (χ2v) is 8.27. The molecule has 0 unspecified atom stereocenters. The van der Waals surface area contributed by atoms with Crippen LogP contribution in [0.5, 0.6) is 0 Å². The van der Waals surface area contributed by atoms with Crippen LogP contribution in [0, 0.1) is 6.92 Å². The fourth-order valence-corrected chi connectivity index (χ4v) is 4.51. The van der Waals surface area contributed by atoms with Gasteiger partial charge in [-0.1, -0.05) is 91.0 Å². The summed E-state index contributed by atoms with van der Waals surface area (Å²) in [5, 5.41) is 3.16. The molecule has 2 heterocycles. The van der Waals surface area contributed by atoms with Gasteiger partial charge in [0.1, 0.15) is 0 Å². The predicted octanol–water partition coefficient (Wildman–Crippen LogP) is 7.78. The van der Waals surface area contributed by atoms with Crippen LogP contribution >= 0.6 is 0 Å². The van der Waals surface area contributed by atoms with Gasteiger partial charge in [-0.2, -0.15) is 0 Å². The molecular formula is C30H21NO2. The summed E-state index contributed by atoms with van der Waals surface area (Å²) in [5.41, 5.74) is 6.34. The smallest absolute Gasteiger partial charge is 0.228 e. The Morgan fingerprint density at radius 2 is 1.42 bits per heavy atom. The molecule has 4 aromatic carbocycles. The van der Waals surface area contributed by atoms with E-state index in [-0.39, 0.29) is 5.78 Å². The molecular weight excluding hydrogens is 406 g/mol. The number of aromatic amines is 1. The van der Waals surface area contributed by atoms with Crippen LogP contribution in [-0.2, 0) is 0 Å². The Labute approximate surface area is 191 Å². The molecule has 0 atom stereocenters. The van der Waals surface area contributed by atoms with Crippen molar-refractivity contribution < 1.29 is 9.21 Å². The van der Waals surface area contributed by atoms with Gasteiger partial charge in [0.15, 0.2) is 11.3 Å². The first-order chi connectivity index (χ1) is 16.2. The summed E-state index contributed by atoms with van der Waals surface area (Å²) in [6, 6.07) is 29.8. The molecule has 1 N–H and O–H groups in total. The van der Waals surface area contributed by atoms with Crippen molar-refractivity contribution in [1.82, 2.24) is 4.98 Å². The lowest BCUT2D eigenvalue weighted by Gasteiger charge is -1.99. The number of carbonyl (C=O) groups is 1. The third kappa shape index (κ3) is 3.17. The van der Waals surface area contributed by atoms with Crippen LogP contribution in [0.25, 0.3) is 44.9 Å². The number of rotatable bonds is 4. The van der Waals surface area contributed by atoms with Crippen molar-refractivity contribution in [2.45, 2.75) is 6.92 Å². The molecule has 33 heavy (non-hydrogen) atoms. The first-order valence-corrected chi connectivity index (χ1v) is 11.0. The molecule has 6 rings (SSSR count). The van der Waals surface area contributed by atoms with Gasteiger partial charge in [0.25, 0.3) is 0 Å². The Morgan fingerprint density at radius 1 is 0.727 bits per heavy atom. The topological polar surface area (TPSA) is 46.0 Å². The lowest BCUT2D eigenvalue weighted by molar-refractivity contribution is 0.101. The summed E-state index contributed by atoms with van der Waals surface area (Å²) in [6.07, 6.45) is 4.00. The Kier molecular flexibility index (Phi) is 4.48. The van der Waals surface area contributed by atoms with Crippen LogP contribution in [-0.4, -0.2) is 10.8 Å². The summed E-state index contributed by atoms with van der Waals surface area (Å²) in [6.45, 7) is 2.09. The van der Waals surface area contributed by atoms with Gasteiger partial charge in [-0.3, -0.25) is 4.79 Å². The first kappa shape index (κ1) is 19.3. The number of ketones is 1. The molecule has 158 valence electrons. The van der Waals surface area contributed by atoms with E-state index in [1.807, 2.05) is 72.8 Å². The van der Waals surface area contributed by atoms with Crippen LogP contribution in [0.4, 0.5) is 0 Å². The SMILES string of the molecule is Cc1cccc2c1[nH]c1c2ccc2c(/C=C/c3ccccc3)c(C(=O)c3ccccc3)oc21. The fraction of sp³-hybridized carbons (Fsp3) is 0.0333. The average Bonchev–Trinajstić information content (AvgIpc) is 3.43. The van der Waals surface area contributed by atoms with Gasteiger partial charge in [0.05, 0.1) is 5.52 Å². The largest absolute Gasteiger partial charge is 0.450 e. The van der Waals surface area contributed by atoms with Gasteiger partial charge >= 0.3 is 0 Å². The zero-order valence-electron chi connectivity index (χ0n) is 18.1. The maximum Gasteiger partial charge on any atom is 0.228 e. The van der Waals surface area contributed by atoms with E-state index in [0.29, 0.717) is 16.9 Å². The van der Waals surface area contributed by atoms with Crippen LogP contribution in [0.1, 0.15) is 32.8 Å². The number of furan rings is 1. The quantitative estimate of drug-likeness (QED) is 0.292. The van der Waals surface area contributed by atoms with Gasteiger partial charge in [-0.05, 0) is 30.2 Å². The monoisotopic (exact) mass is 427 g/mol. The molecule has 0 aliphatic rings. The first-order valence-electron chi connectivity index (χ1n) is 11.0. The third-order valence-electron chi connectivity index (χ3n) is 6.19. The maximum absolute atomic E-state index is 13.5. The van der Waals surface area contributed by atoms with Gasteiger partial charge in [0.2, 0.25) is 5.78 Å². The molecule has 0 saturated carbocycles. The van der Waals surface area contributed by atoms with Crippen molar-refractivity contribution in [3.8, 4) is 0 Å². The van der Waals surface area contributed by atoms with Crippen molar-refractivity contribution in [2.75, 3.05) is 0 Å². The van der Waals surface area contributed by atoms with Crippen LogP contribution in [0.2, 0.25) is 0 Å². The van der Waals surface area contributed by atoms with Crippen molar-refractivity contribution in [3.63, 3.8) is 0 Å². The fourth-order valence-electron chi connectivity index (χ4n) is 4.51. The highest BCUT2D eigenvalue weighted by molar-refractivity contribution is 6.20. The standard InChI is InChI=1S/C30H21NO2/c1-19-9-8-14-22-23-17-18-24-25(16-15-20-10-4-2-5-11-20)30(28(32)21-12-6-3-7-13-21)33-29(24)27(23)31-26(19)22/h2-18,31H,1H3/b16-15+. The number of para-hydroxylation sites is 1. The van der Waals surface area contributed by atoms with Crippen LogP contribution in [0.15, 0.2) is 95.4 Å². The number of hydrogen-bond acceptors (Lipinski definition) is 2. The summed E-state index contributed by atoms with van der Waals surface area (Å²) in [5.74, 6) is 0.228.